The quantitative estimate of drug-likeness (QED) is 0.546. The second-order valence-corrected chi connectivity index (χ2v) is 8.71. The number of hydrogen-bond acceptors (Lipinski definition) is 6. The van der Waals surface area contributed by atoms with Crippen molar-refractivity contribution in [3.05, 3.63) is 84.2 Å². The van der Waals surface area contributed by atoms with Gasteiger partial charge in [0.25, 0.3) is 11.8 Å². The van der Waals surface area contributed by atoms with Gasteiger partial charge in [-0.1, -0.05) is 30.3 Å². The predicted octanol–water partition coefficient (Wildman–Crippen LogP) is 3.32. The fourth-order valence-corrected chi connectivity index (χ4v) is 4.62. The van der Waals surface area contributed by atoms with E-state index < -0.39 is 5.60 Å². The number of aromatic nitrogens is 1. The smallest absolute Gasteiger partial charge is 0.257 e. The topological polar surface area (TPSA) is 81.2 Å². The van der Waals surface area contributed by atoms with Crippen LogP contribution in [0.4, 0.5) is 5.69 Å². The van der Waals surface area contributed by atoms with Gasteiger partial charge in [0.15, 0.2) is 11.5 Å². The van der Waals surface area contributed by atoms with Crippen molar-refractivity contribution in [2.45, 2.75) is 18.6 Å². The summed E-state index contributed by atoms with van der Waals surface area (Å²) in [4.78, 5) is 34.0. The van der Waals surface area contributed by atoms with Crippen molar-refractivity contribution < 1.29 is 23.8 Å². The average Bonchev–Trinajstić information content (AvgIpc) is 3.33. The highest BCUT2D eigenvalue weighted by atomic mass is 16.5. The van der Waals surface area contributed by atoms with Gasteiger partial charge in [0.1, 0.15) is 18.8 Å². The van der Waals surface area contributed by atoms with E-state index in [1.165, 1.54) is 0 Å². The van der Waals surface area contributed by atoms with Gasteiger partial charge in [-0.25, -0.2) is 0 Å². The Kier molecular flexibility index (Phi) is 6.37. The molecule has 2 aromatic carbocycles. The molecule has 3 heterocycles. The van der Waals surface area contributed by atoms with Crippen LogP contribution in [-0.2, 0) is 16.1 Å². The summed E-state index contributed by atoms with van der Waals surface area (Å²) in [6.07, 6.45) is 2.34. The maximum atomic E-state index is 13.6. The molecular formula is C27H27N3O5. The van der Waals surface area contributed by atoms with Crippen molar-refractivity contribution in [2.24, 2.45) is 0 Å². The molecule has 0 N–H and O–H groups in total. The van der Waals surface area contributed by atoms with Gasteiger partial charge < -0.3 is 24.0 Å². The summed E-state index contributed by atoms with van der Waals surface area (Å²) in [7, 11) is 1.55. The van der Waals surface area contributed by atoms with Gasteiger partial charge in [-0.15, -0.1) is 0 Å². The van der Waals surface area contributed by atoms with Crippen LogP contribution in [0.1, 0.15) is 22.5 Å². The van der Waals surface area contributed by atoms with Gasteiger partial charge in [-0.05, 0) is 42.8 Å². The molecule has 2 aliphatic rings. The first kappa shape index (κ1) is 22.9. The van der Waals surface area contributed by atoms with Crippen molar-refractivity contribution in [3.8, 4) is 11.5 Å². The number of nitrogens with zero attached hydrogens (tertiary/aromatic N) is 3. The number of pyridine rings is 1. The second-order valence-electron chi connectivity index (χ2n) is 8.71. The maximum Gasteiger partial charge on any atom is 0.257 e. The van der Waals surface area contributed by atoms with Gasteiger partial charge in [0, 0.05) is 18.4 Å². The summed E-state index contributed by atoms with van der Waals surface area (Å²) in [6.45, 7) is 1.52. The Morgan fingerprint density at radius 1 is 1.06 bits per heavy atom. The lowest BCUT2D eigenvalue weighted by molar-refractivity contribution is -0.137. The standard InChI is InChI=1S/C27H27N3O5/c1-33-23-12-7-11-22(25(23)34-16-20-8-5-6-14-28-20)26(32)29-15-13-27(18-29)19-30(24(31)17-35-27)21-9-3-2-4-10-21/h2-12,14H,13,15-19H2,1H3/t27-/m0/s1. The lowest BCUT2D eigenvalue weighted by Gasteiger charge is -2.40. The molecular weight excluding hydrogens is 446 g/mol. The zero-order valence-electron chi connectivity index (χ0n) is 19.6. The molecule has 2 amide bonds. The molecule has 8 heteroatoms. The number of para-hydroxylation sites is 2. The molecule has 2 aliphatic heterocycles. The van der Waals surface area contributed by atoms with Gasteiger partial charge >= 0.3 is 0 Å². The van der Waals surface area contributed by atoms with Crippen molar-refractivity contribution in [3.63, 3.8) is 0 Å². The molecule has 1 spiro atoms. The molecule has 5 rings (SSSR count). The Morgan fingerprint density at radius 2 is 1.89 bits per heavy atom. The van der Waals surface area contributed by atoms with Crippen LogP contribution in [0.5, 0.6) is 11.5 Å². The second kappa shape index (κ2) is 9.76. The SMILES string of the molecule is COc1cccc(C(=O)N2CC[C@]3(C2)CN(c2ccccc2)C(=O)CO3)c1OCc1ccccn1. The first-order chi connectivity index (χ1) is 17.1. The highest BCUT2D eigenvalue weighted by molar-refractivity contribution is 5.98. The van der Waals surface area contributed by atoms with Crippen LogP contribution in [0.2, 0.25) is 0 Å². The molecule has 2 fully saturated rings. The number of benzene rings is 2. The number of amides is 2. The zero-order valence-corrected chi connectivity index (χ0v) is 19.6. The minimum absolute atomic E-state index is 0.00544. The predicted molar refractivity (Wildman–Crippen MR) is 130 cm³/mol. The Balaban J connectivity index is 1.34. The fraction of sp³-hybridized carbons (Fsp3) is 0.296. The summed E-state index contributed by atoms with van der Waals surface area (Å²) in [5, 5.41) is 0. The molecule has 0 saturated carbocycles. The number of methoxy groups -OCH3 is 1. The zero-order chi connectivity index (χ0) is 24.3. The van der Waals surface area contributed by atoms with Crippen molar-refractivity contribution in [1.29, 1.82) is 0 Å². The Morgan fingerprint density at radius 3 is 2.66 bits per heavy atom. The molecule has 180 valence electrons. The largest absolute Gasteiger partial charge is 0.493 e. The molecule has 2 saturated heterocycles. The number of likely N-dealkylation sites (tertiary alicyclic amines) is 1. The molecule has 0 aliphatic carbocycles. The first-order valence-electron chi connectivity index (χ1n) is 11.6. The van der Waals surface area contributed by atoms with E-state index in [0.29, 0.717) is 43.1 Å². The monoisotopic (exact) mass is 473 g/mol. The lowest BCUT2D eigenvalue weighted by Crippen LogP contribution is -2.56. The van der Waals surface area contributed by atoms with Crippen LogP contribution in [0.3, 0.4) is 0 Å². The number of hydrogen-bond donors (Lipinski definition) is 0. The maximum absolute atomic E-state index is 13.6. The number of morpholine rings is 1. The number of rotatable bonds is 6. The van der Waals surface area contributed by atoms with E-state index in [0.717, 1.165) is 11.4 Å². The van der Waals surface area contributed by atoms with Crippen molar-refractivity contribution >= 4 is 17.5 Å². The minimum Gasteiger partial charge on any atom is -0.493 e. The highest BCUT2D eigenvalue weighted by Gasteiger charge is 2.47. The normalized spacial score (nSPS) is 19.7. The summed E-state index contributed by atoms with van der Waals surface area (Å²) in [6, 6.07) is 20.4. The van der Waals surface area contributed by atoms with E-state index in [1.54, 1.807) is 41.3 Å². The molecule has 0 bridgehead atoms. The minimum atomic E-state index is -0.604. The van der Waals surface area contributed by atoms with E-state index in [9.17, 15) is 9.59 Å². The third kappa shape index (κ3) is 4.70. The lowest BCUT2D eigenvalue weighted by atomic mass is 10.00. The fourth-order valence-electron chi connectivity index (χ4n) is 4.62. The third-order valence-electron chi connectivity index (χ3n) is 6.44. The Bertz CT molecular complexity index is 1200. The van der Waals surface area contributed by atoms with Gasteiger partial charge in [-0.2, -0.15) is 0 Å². The van der Waals surface area contributed by atoms with E-state index in [2.05, 4.69) is 4.98 Å². The number of carbonyl (C=O) groups is 2. The van der Waals surface area contributed by atoms with E-state index in [4.69, 9.17) is 14.2 Å². The Hall–Kier alpha value is -3.91. The van der Waals surface area contributed by atoms with Crippen LogP contribution in [-0.4, -0.2) is 60.7 Å². The molecule has 1 atom stereocenters. The van der Waals surface area contributed by atoms with E-state index >= 15 is 0 Å². The molecule has 3 aromatic rings. The van der Waals surface area contributed by atoms with Crippen LogP contribution in [0, 0.1) is 0 Å². The summed E-state index contributed by atoms with van der Waals surface area (Å²) in [5.41, 5.74) is 1.40. The van der Waals surface area contributed by atoms with Crippen LogP contribution in [0.15, 0.2) is 72.9 Å². The van der Waals surface area contributed by atoms with Gasteiger partial charge in [-0.3, -0.25) is 14.6 Å². The van der Waals surface area contributed by atoms with Crippen LogP contribution >= 0.6 is 0 Å². The van der Waals surface area contributed by atoms with Crippen LogP contribution < -0.4 is 14.4 Å². The molecule has 8 nitrogen and oxygen atoms in total. The summed E-state index contributed by atoms with van der Waals surface area (Å²) < 4.78 is 17.6. The molecule has 0 unspecified atom stereocenters. The van der Waals surface area contributed by atoms with Crippen molar-refractivity contribution in [1.82, 2.24) is 9.88 Å². The van der Waals surface area contributed by atoms with Crippen LogP contribution in [0.25, 0.3) is 0 Å². The number of ether oxygens (including phenoxy) is 3. The average molecular weight is 474 g/mol. The van der Waals surface area contributed by atoms with Crippen molar-refractivity contribution in [2.75, 3.05) is 38.3 Å². The molecule has 35 heavy (non-hydrogen) atoms. The molecule has 0 radical (unpaired) electrons. The summed E-state index contributed by atoms with van der Waals surface area (Å²) in [5.74, 6) is 0.626. The van der Waals surface area contributed by atoms with E-state index in [-0.39, 0.29) is 25.0 Å². The molecule has 1 aromatic heterocycles. The van der Waals surface area contributed by atoms with Gasteiger partial charge in [0.05, 0.1) is 31.5 Å². The summed E-state index contributed by atoms with van der Waals surface area (Å²) >= 11 is 0. The number of anilines is 1. The van der Waals surface area contributed by atoms with E-state index in [1.807, 2.05) is 48.5 Å². The first-order valence-corrected chi connectivity index (χ1v) is 11.6. The Labute approximate surface area is 204 Å². The third-order valence-corrected chi connectivity index (χ3v) is 6.44. The number of carbonyl (C=O) groups excluding carboxylic acids is 2. The van der Waals surface area contributed by atoms with Gasteiger partial charge in [0.2, 0.25) is 0 Å². The highest BCUT2D eigenvalue weighted by Crippen LogP contribution is 2.36.